The number of halogens is 2. The Hall–Kier alpha value is -3.03. The van der Waals surface area contributed by atoms with Crippen molar-refractivity contribution in [3.05, 3.63) is 59.6 Å². The van der Waals surface area contributed by atoms with E-state index in [2.05, 4.69) is 25.5 Å². The first-order valence-corrected chi connectivity index (χ1v) is 8.83. The smallest absolute Gasteiger partial charge is 0.153 e. The first-order valence-electron chi connectivity index (χ1n) is 8.83. The van der Waals surface area contributed by atoms with Crippen molar-refractivity contribution in [3.63, 3.8) is 0 Å². The highest BCUT2D eigenvalue weighted by molar-refractivity contribution is 5.57. The van der Waals surface area contributed by atoms with Crippen LogP contribution >= 0.6 is 0 Å². The molecule has 1 fully saturated rings. The van der Waals surface area contributed by atoms with Crippen molar-refractivity contribution in [3.8, 4) is 0 Å². The van der Waals surface area contributed by atoms with Crippen molar-refractivity contribution in [1.82, 2.24) is 20.2 Å². The fourth-order valence-electron chi connectivity index (χ4n) is 2.99. The molecule has 8 heteroatoms. The molecule has 140 valence electrons. The van der Waals surface area contributed by atoms with Crippen molar-refractivity contribution >= 4 is 17.5 Å². The summed E-state index contributed by atoms with van der Waals surface area (Å²) in [6.07, 6.45) is 3.81. The highest BCUT2D eigenvalue weighted by Gasteiger charge is 2.25. The van der Waals surface area contributed by atoms with Gasteiger partial charge in [0.1, 0.15) is 29.6 Å². The van der Waals surface area contributed by atoms with Gasteiger partial charge in [-0.15, -0.1) is 0 Å². The fourth-order valence-corrected chi connectivity index (χ4v) is 2.99. The zero-order valence-electron chi connectivity index (χ0n) is 15.1. The fraction of sp³-hybridized carbons (Fsp3) is 0.316. The number of anilines is 3. The number of nitrogens with zero attached hydrogens (tertiary/aromatic N) is 4. The maximum Gasteiger partial charge on any atom is 0.153 e. The van der Waals surface area contributed by atoms with E-state index in [1.54, 1.807) is 24.9 Å². The van der Waals surface area contributed by atoms with Gasteiger partial charge in [0.25, 0.3) is 0 Å². The number of benzene rings is 1. The van der Waals surface area contributed by atoms with Crippen molar-refractivity contribution in [2.75, 3.05) is 17.3 Å². The molecule has 4 rings (SSSR count). The lowest BCUT2D eigenvalue weighted by atomic mass is 10.1. The molecule has 1 aromatic carbocycles. The number of aromatic amines is 1. The molecule has 1 aliphatic rings. The molecule has 6 nitrogen and oxygen atoms in total. The van der Waals surface area contributed by atoms with Gasteiger partial charge in [0.05, 0.1) is 6.04 Å². The van der Waals surface area contributed by atoms with E-state index in [0.717, 1.165) is 17.8 Å². The summed E-state index contributed by atoms with van der Waals surface area (Å²) in [5.74, 6) is 1.51. The highest BCUT2D eigenvalue weighted by atomic mass is 19.1. The summed E-state index contributed by atoms with van der Waals surface area (Å²) in [4.78, 5) is 10.2. The Labute approximate surface area is 155 Å². The minimum atomic E-state index is -0.471. The quantitative estimate of drug-likeness (QED) is 0.677. The van der Waals surface area contributed by atoms with Gasteiger partial charge >= 0.3 is 0 Å². The number of rotatable bonds is 6. The van der Waals surface area contributed by atoms with Gasteiger partial charge < -0.3 is 10.2 Å². The molecule has 2 N–H and O–H groups in total. The van der Waals surface area contributed by atoms with Gasteiger partial charge in [-0.25, -0.2) is 18.7 Å². The maximum atomic E-state index is 14.1. The number of H-pyrrole nitrogens is 1. The van der Waals surface area contributed by atoms with E-state index < -0.39 is 17.7 Å². The van der Waals surface area contributed by atoms with Crippen LogP contribution in [0.15, 0.2) is 36.7 Å². The van der Waals surface area contributed by atoms with Crippen LogP contribution in [-0.4, -0.2) is 27.2 Å². The van der Waals surface area contributed by atoms with Gasteiger partial charge in [0.2, 0.25) is 0 Å². The van der Waals surface area contributed by atoms with E-state index in [9.17, 15) is 8.78 Å². The standard InChI is InChI=1S/C19H20F2N6/c1-11(14-7-13(20)5-6-15(14)21)27(2)19-9-17(22-10-23-19)24-18-8-16(25-26-18)12-3-4-12/h5-12H,3-4H2,1-2H3,(H2,22,23,24,25,26). The Bertz CT molecular complexity index is 953. The number of nitrogens with one attached hydrogen (secondary N) is 2. The number of hydrogen-bond acceptors (Lipinski definition) is 5. The van der Waals surface area contributed by atoms with E-state index in [1.807, 2.05) is 6.07 Å². The molecular weight excluding hydrogens is 350 g/mol. The molecule has 0 aliphatic heterocycles. The van der Waals surface area contributed by atoms with Gasteiger partial charge in [0.15, 0.2) is 5.82 Å². The third kappa shape index (κ3) is 3.74. The third-order valence-electron chi connectivity index (χ3n) is 4.87. The van der Waals surface area contributed by atoms with Gasteiger partial charge in [-0.3, -0.25) is 5.10 Å². The van der Waals surface area contributed by atoms with Crippen molar-refractivity contribution in [2.24, 2.45) is 0 Å². The molecule has 0 bridgehead atoms. The second-order valence-corrected chi connectivity index (χ2v) is 6.82. The van der Waals surface area contributed by atoms with Crippen LogP contribution < -0.4 is 10.2 Å². The van der Waals surface area contributed by atoms with Crippen LogP contribution in [0.25, 0.3) is 0 Å². The minimum absolute atomic E-state index is 0.270. The van der Waals surface area contributed by atoms with Crippen LogP contribution in [0.2, 0.25) is 0 Å². The highest BCUT2D eigenvalue weighted by Crippen LogP contribution is 2.39. The molecule has 0 radical (unpaired) electrons. The van der Waals surface area contributed by atoms with Crippen LogP contribution in [-0.2, 0) is 0 Å². The zero-order chi connectivity index (χ0) is 19.0. The zero-order valence-corrected chi connectivity index (χ0v) is 15.1. The predicted molar refractivity (Wildman–Crippen MR) is 99.1 cm³/mol. The molecule has 0 spiro atoms. The first kappa shape index (κ1) is 17.4. The van der Waals surface area contributed by atoms with Crippen molar-refractivity contribution < 1.29 is 8.78 Å². The molecule has 1 unspecified atom stereocenters. The monoisotopic (exact) mass is 370 g/mol. The lowest BCUT2D eigenvalue weighted by Crippen LogP contribution is -2.23. The summed E-state index contributed by atoms with van der Waals surface area (Å²) in [5.41, 5.74) is 1.39. The number of hydrogen-bond donors (Lipinski definition) is 2. The van der Waals surface area contributed by atoms with Gasteiger partial charge in [-0.1, -0.05) is 0 Å². The number of aromatic nitrogens is 4. The van der Waals surface area contributed by atoms with Crippen molar-refractivity contribution in [1.29, 1.82) is 0 Å². The lowest BCUT2D eigenvalue weighted by molar-refractivity contribution is 0.564. The summed E-state index contributed by atoms with van der Waals surface area (Å²) >= 11 is 0. The Morgan fingerprint density at radius 1 is 1.15 bits per heavy atom. The molecule has 2 heterocycles. The first-order chi connectivity index (χ1) is 13.0. The molecule has 2 aromatic heterocycles. The van der Waals surface area contributed by atoms with Gasteiger partial charge in [-0.2, -0.15) is 5.10 Å². The summed E-state index contributed by atoms with van der Waals surface area (Å²) in [7, 11) is 1.78. The molecule has 0 amide bonds. The minimum Gasteiger partial charge on any atom is -0.353 e. The van der Waals surface area contributed by atoms with Crippen LogP contribution in [0.3, 0.4) is 0 Å². The van der Waals surface area contributed by atoms with E-state index in [-0.39, 0.29) is 5.56 Å². The third-order valence-corrected chi connectivity index (χ3v) is 4.87. The van der Waals surface area contributed by atoms with Crippen LogP contribution in [0.1, 0.15) is 43.0 Å². The summed E-state index contributed by atoms with van der Waals surface area (Å²) in [6.45, 7) is 1.79. The molecule has 1 aliphatic carbocycles. The van der Waals surface area contributed by atoms with Crippen LogP contribution in [0.4, 0.5) is 26.2 Å². The average Bonchev–Trinajstić information content (AvgIpc) is 3.42. The Morgan fingerprint density at radius 3 is 2.74 bits per heavy atom. The lowest BCUT2D eigenvalue weighted by Gasteiger charge is -2.26. The summed E-state index contributed by atoms with van der Waals surface area (Å²) < 4.78 is 27.6. The Balaban J connectivity index is 1.52. The van der Waals surface area contributed by atoms with Crippen LogP contribution in [0.5, 0.6) is 0 Å². The SMILES string of the molecule is CC(c1cc(F)ccc1F)N(C)c1cc(Nc2cc(C3CC3)[nH]n2)ncn1. The molecule has 3 aromatic rings. The van der Waals surface area contributed by atoms with Crippen LogP contribution in [0, 0.1) is 11.6 Å². The van der Waals surface area contributed by atoms with Gasteiger partial charge in [0, 0.05) is 36.4 Å². The largest absolute Gasteiger partial charge is 0.353 e. The second-order valence-electron chi connectivity index (χ2n) is 6.82. The molecule has 1 saturated carbocycles. The topological polar surface area (TPSA) is 69.7 Å². The van der Waals surface area contributed by atoms with E-state index in [1.165, 1.54) is 25.2 Å². The molecule has 27 heavy (non-hydrogen) atoms. The molecule has 1 atom stereocenters. The van der Waals surface area contributed by atoms with E-state index >= 15 is 0 Å². The Morgan fingerprint density at radius 2 is 1.96 bits per heavy atom. The second kappa shape index (κ2) is 6.94. The van der Waals surface area contributed by atoms with Crippen molar-refractivity contribution in [2.45, 2.75) is 31.7 Å². The average molecular weight is 370 g/mol. The van der Waals surface area contributed by atoms with E-state index in [0.29, 0.717) is 23.4 Å². The Kier molecular flexibility index (Phi) is 4.47. The maximum absolute atomic E-state index is 14.1. The molecule has 0 saturated heterocycles. The van der Waals surface area contributed by atoms with E-state index in [4.69, 9.17) is 0 Å². The summed E-state index contributed by atoms with van der Waals surface area (Å²) in [5, 5.41) is 10.4. The van der Waals surface area contributed by atoms with Gasteiger partial charge in [-0.05, 0) is 38.0 Å². The molecular formula is C19H20F2N6. The predicted octanol–water partition coefficient (Wildman–Crippen LogP) is 4.30. The summed E-state index contributed by atoms with van der Waals surface area (Å²) in [6, 6.07) is 6.78. The normalized spacial score (nSPS) is 14.8.